The number of aromatic nitrogens is 1. The number of amidine groups is 1. The molecule has 3 aromatic rings. The quantitative estimate of drug-likeness (QED) is 0.546. The minimum atomic E-state index is -0.00515. The highest BCUT2D eigenvalue weighted by Gasteiger charge is 2.33. The van der Waals surface area contributed by atoms with Crippen LogP contribution in [-0.4, -0.2) is 20.5 Å². The summed E-state index contributed by atoms with van der Waals surface area (Å²) >= 11 is 1.44. The fraction of sp³-hybridized carbons (Fsp3) is 0.167. The Balaban J connectivity index is 1.72. The zero-order chi connectivity index (χ0) is 20.4. The lowest BCUT2D eigenvalue weighted by Gasteiger charge is -2.15. The van der Waals surface area contributed by atoms with E-state index in [1.807, 2.05) is 73.8 Å². The number of benzene rings is 2. The Morgan fingerprint density at radius 1 is 1.00 bits per heavy atom. The van der Waals surface area contributed by atoms with Crippen LogP contribution in [0.1, 0.15) is 22.5 Å². The van der Waals surface area contributed by atoms with Gasteiger partial charge in [0.15, 0.2) is 5.17 Å². The Morgan fingerprint density at radius 3 is 2.28 bits per heavy atom. The van der Waals surface area contributed by atoms with Crippen LogP contribution in [0.4, 0.5) is 5.69 Å². The van der Waals surface area contributed by atoms with Crippen molar-refractivity contribution in [1.82, 2.24) is 9.47 Å². The van der Waals surface area contributed by atoms with Gasteiger partial charge in [-0.05, 0) is 61.0 Å². The molecule has 0 aliphatic carbocycles. The van der Waals surface area contributed by atoms with Crippen molar-refractivity contribution in [1.29, 1.82) is 0 Å². The molecule has 0 spiro atoms. The van der Waals surface area contributed by atoms with Gasteiger partial charge in [0.1, 0.15) is 0 Å². The molecule has 1 saturated heterocycles. The van der Waals surface area contributed by atoms with Gasteiger partial charge in [-0.2, -0.15) is 0 Å². The molecule has 0 saturated carbocycles. The molecule has 0 radical (unpaired) electrons. The van der Waals surface area contributed by atoms with E-state index in [2.05, 4.69) is 24.5 Å². The number of hydrogen-bond acceptors (Lipinski definition) is 3. The zero-order valence-corrected chi connectivity index (χ0v) is 17.6. The van der Waals surface area contributed by atoms with Gasteiger partial charge in [0.25, 0.3) is 5.91 Å². The molecule has 0 bridgehead atoms. The van der Waals surface area contributed by atoms with Crippen LogP contribution >= 0.6 is 11.8 Å². The molecule has 146 valence electrons. The van der Waals surface area contributed by atoms with E-state index in [9.17, 15) is 4.79 Å². The summed E-state index contributed by atoms with van der Waals surface area (Å²) in [4.78, 5) is 20.5. The fourth-order valence-electron chi connectivity index (χ4n) is 3.28. The minimum Gasteiger partial charge on any atom is -0.352 e. The normalized spacial score (nSPS) is 16.9. The summed E-state index contributed by atoms with van der Waals surface area (Å²) in [5.74, 6) is -0.00515. The van der Waals surface area contributed by atoms with E-state index in [1.54, 1.807) is 4.90 Å². The average molecular weight is 402 g/mol. The summed E-state index contributed by atoms with van der Waals surface area (Å²) in [7, 11) is 2.04. The maximum Gasteiger partial charge on any atom is 0.267 e. The largest absolute Gasteiger partial charge is 0.352 e. The smallest absolute Gasteiger partial charge is 0.267 e. The summed E-state index contributed by atoms with van der Waals surface area (Å²) in [5, 5.41) is 0.710. The standard InChI is InChI=1S/C24H23N3OS/c1-17-14-20(18(2)26(17)3)15-22-23(28)27(16-19-10-6-4-7-11-19)24(29-22)25-21-12-8-5-9-13-21/h4-15H,16H2,1-3H3/b22-15-,25-24?. The van der Waals surface area contributed by atoms with Crippen LogP contribution in [0.2, 0.25) is 0 Å². The summed E-state index contributed by atoms with van der Waals surface area (Å²) in [5.41, 5.74) is 5.31. The number of para-hydroxylation sites is 1. The van der Waals surface area contributed by atoms with Gasteiger partial charge < -0.3 is 4.57 Å². The van der Waals surface area contributed by atoms with Crippen molar-refractivity contribution < 1.29 is 4.79 Å². The van der Waals surface area contributed by atoms with E-state index >= 15 is 0 Å². The zero-order valence-electron chi connectivity index (χ0n) is 16.8. The number of amides is 1. The second-order valence-corrected chi connectivity index (χ2v) is 8.11. The van der Waals surface area contributed by atoms with Crippen LogP contribution in [0, 0.1) is 13.8 Å². The van der Waals surface area contributed by atoms with Crippen LogP contribution in [-0.2, 0) is 18.4 Å². The molecule has 1 aromatic heterocycles. The SMILES string of the molecule is Cc1cc(/C=C2\SC(=Nc3ccccc3)N(Cc3ccccc3)C2=O)c(C)n1C. The Hall–Kier alpha value is -3.05. The number of carbonyl (C=O) groups is 1. The number of aryl methyl sites for hydroxylation is 1. The van der Waals surface area contributed by atoms with Crippen LogP contribution in [0.15, 0.2) is 76.6 Å². The van der Waals surface area contributed by atoms with Gasteiger partial charge in [-0.15, -0.1) is 0 Å². The number of nitrogens with zero attached hydrogens (tertiary/aromatic N) is 3. The molecular weight excluding hydrogens is 378 g/mol. The Morgan fingerprint density at radius 2 is 1.66 bits per heavy atom. The fourth-order valence-corrected chi connectivity index (χ4v) is 4.27. The number of hydrogen-bond donors (Lipinski definition) is 0. The third kappa shape index (κ3) is 4.05. The molecule has 2 aromatic carbocycles. The first-order valence-corrected chi connectivity index (χ1v) is 10.4. The summed E-state index contributed by atoms with van der Waals surface area (Å²) in [6.45, 7) is 4.65. The molecule has 1 amide bonds. The van der Waals surface area contributed by atoms with E-state index < -0.39 is 0 Å². The highest BCUT2D eigenvalue weighted by atomic mass is 32.2. The first-order chi connectivity index (χ1) is 14.0. The van der Waals surface area contributed by atoms with Crippen molar-refractivity contribution in [3.8, 4) is 0 Å². The maximum absolute atomic E-state index is 13.3. The summed E-state index contributed by atoms with van der Waals surface area (Å²) in [6, 6.07) is 21.9. The van der Waals surface area contributed by atoms with E-state index in [0.29, 0.717) is 16.6 Å². The number of rotatable bonds is 4. The predicted molar refractivity (Wildman–Crippen MR) is 121 cm³/mol. The molecule has 1 fully saturated rings. The molecule has 29 heavy (non-hydrogen) atoms. The first-order valence-electron chi connectivity index (χ1n) is 9.55. The van der Waals surface area contributed by atoms with Crippen LogP contribution in [0.5, 0.6) is 0 Å². The number of carbonyl (C=O) groups excluding carboxylic acids is 1. The molecule has 5 heteroatoms. The Bertz CT molecular complexity index is 1100. The summed E-state index contributed by atoms with van der Waals surface area (Å²) in [6.07, 6.45) is 1.99. The molecule has 0 N–H and O–H groups in total. The summed E-state index contributed by atoms with van der Waals surface area (Å²) < 4.78 is 2.14. The van der Waals surface area contributed by atoms with Crippen LogP contribution in [0.3, 0.4) is 0 Å². The first kappa shape index (κ1) is 19.3. The van der Waals surface area contributed by atoms with Gasteiger partial charge in [-0.1, -0.05) is 48.5 Å². The third-order valence-electron chi connectivity index (χ3n) is 5.15. The maximum atomic E-state index is 13.3. The van der Waals surface area contributed by atoms with E-state index in [1.165, 1.54) is 17.5 Å². The lowest BCUT2D eigenvalue weighted by atomic mass is 10.2. The predicted octanol–water partition coefficient (Wildman–Crippen LogP) is 5.45. The molecule has 0 atom stereocenters. The highest BCUT2D eigenvalue weighted by molar-refractivity contribution is 8.18. The van der Waals surface area contributed by atoms with Crippen LogP contribution in [0.25, 0.3) is 6.08 Å². The lowest BCUT2D eigenvalue weighted by Crippen LogP contribution is -2.28. The van der Waals surface area contributed by atoms with Gasteiger partial charge in [0.2, 0.25) is 0 Å². The van der Waals surface area contributed by atoms with Crippen molar-refractivity contribution in [2.24, 2.45) is 12.0 Å². The third-order valence-corrected chi connectivity index (χ3v) is 6.16. The lowest BCUT2D eigenvalue weighted by molar-refractivity contribution is -0.122. The van der Waals surface area contributed by atoms with E-state index in [0.717, 1.165) is 22.5 Å². The molecule has 0 unspecified atom stereocenters. The molecule has 2 heterocycles. The van der Waals surface area contributed by atoms with E-state index in [-0.39, 0.29) is 5.91 Å². The van der Waals surface area contributed by atoms with Gasteiger partial charge in [-0.25, -0.2) is 4.99 Å². The second kappa shape index (κ2) is 8.13. The topological polar surface area (TPSA) is 37.6 Å². The van der Waals surface area contributed by atoms with Gasteiger partial charge in [0.05, 0.1) is 17.1 Å². The molecule has 1 aliphatic rings. The van der Waals surface area contributed by atoms with E-state index in [4.69, 9.17) is 4.99 Å². The van der Waals surface area contributed by atoms with Crippen molar-refractivity contribution in [2.75, 3.05) is 0 Å². The minimum absolute atomic E-state index is 0.00515. The van der Waals surface area contributed by atoms with Crippen molar-refractivity contribution in [3.05, 3.63) is 94.1 Å². The molecule has 1 aliphatic heterocycles. The number of thioether (sulfide) groups is 1. The average Bonchev–Trinajstić information content (AvgIpc) is 3.15. The van der Waals surface area contributed by atoms with Gasteiger partial charge in [0, 0.05) is 18.4 Å². The molecule has 4 rings (SSSR count). The van der Waals surface area contributed by atoms with Gasteiger partial charge in [-0.3, -0.25) is 9.69 Å². The molecule has 4 nitrogen and oxygen atoms in total. The Labute approximate surface area is 175 Å². The Kier molecular flexibility index (Phi) is 5.41. The monoisotopic (exact) mass is 401 g/mol. The van der Waals surface area contributed by atoms with Gasteiger partial charge >= 0.3 is 0 Å². The van der Waals surface area contributed by atoms with Crippen LogP contribution < -0.4 is 0 Å². The number of aliphatic imine (C=N–C) groups is 1. The van der Waals surface area contributed by atoms with Crippen molar-refractivity contribution in [2.45, 2.75) is 20.4 Å². The second-order valence-electron chi connectivity index (χ2n) is 7.10. The molecular formula is C24H23N3OS. The van der Waals surface area contributed by atoms with Crippen molar-refractivity contribution >= 4 is 34.6 Å². The highest BCUT2D eigenvalue weighted by Crippen LogP contribution is 2.35. The van der Waals surface area contributed by atoms with Crippen molar-refractivity contribution in [3.63, 3.8) is 0 Å².